The van der Waals surface area contributed by atoms with Crippen molar-refractivity contribution in [1.82, 2.24) is 0 Å². The van der Waals surface area contributed by atoms with Gasteiger partial charge in [0.2, 0.25) is 0 Å². The molecule has 0 aliphatic heterocycles. The van der Waals surface area contributed by atoms with Crippen LogP contribution in [0.15, 0.2) is 62.9 Å². The number of fused-ring (bicyclic) bond motifs is 1. The van der Waals surface area contributed by atoms with E-state index in [1.54, 1.807) is 37.3 Å². The van der Waals surface area contributed by atoms with Gasteiger partial charge in [-0.25, -0.2) is 4.79 Å². The van der Waals surface area contributed by atoms with Crippen LogP contribution in [0.4, 0.5) is 0 Å². The Bertz CT molecular complexity index is 927. The summed E-state index contributed by atoms with van der Waals surface area (Å²) in [4.78, 5) is 11.7. The van der Waals surface area contributed by atoms with E-state index in [1.165, 1.54) is 12.1 Å². The molecule has 2 N–H and O–H groups in total. The highest BCUT2D eigenvalue weighted by Crippen LogP contribution is 2.30. The fourth-order valence-electron chi connectivity index (χ4n) is 2.45. The molecule has 110 valence electrons. The van der Waals surface area contributed by atoms with Gasteiger partial charge in [0.15, 0.2) is 5.58 Å². The average molecular weight is 295 g/mol. The monoisotopic (exact) mass is 295 g/mol. The second-order valence-electron chi connectivity index (χ2n) is 4.90. The molecule has 0 bridgehead atoms. The van der Waals surface area contributed by atoms with Crippen LogP contribution in [0.25, 0.3) is 11.0 Å². The van der Waals surface area contributed by atoms with Crippen molar-refractivity contribution in [2.45, 2.75) is 6.92 Å². The molecule has 0 aliphatic carbocycles. The molecule has 0 saturated heterocycles. The van der Waals surface area contributed by atoms with Crippen molar-refractivity contribution in [3.63, 3.8) is 0 Å². The Morgan fingerprint density at radius 2 is 1.86 bits per heavy atom. The maximum atomic E-state index is 11.7. The molecule has 5 heteroatoms. The average Bonchev–Trinajstić information content (AvgIpc) is 2.51. The van der Waals surface area contributed by atoms with Crippen LogP contribution in [0.2, 0.25) is 0 Å². The van der Waals surface area contributed by atoms with Crippen LogP contribution in [-0.2, 0) is 0 Å². The number of phenols is 1. The summed E-state index contributed by atoms with van der Waals surface area (Å²) in [5.41, 5.74) is 1.31. The molecule has 5 nitrogen and oxygen atoms in total. The van der Waals surface area contributed by atoms with Crippen molar-refractivity contribution < 1.29 is 14.7 Å². The Morgan fingerprint density at radius 1 is 1.14 bits per heavy atom. The number of aromatic hydroxyl groups is 1. The molecule has 0 saturated carbocycles. The zero-order valence-corrected chi connectivity index (χ0v) is 11.8. The second kappa shape index (κ2) is 5.37. The third kappa shape index (κ3) is 2.22. The number of aryl methyl sites for hydroxylation is 1. The summed E-state index contributed by atoms with van der Waals surface area (Å²) in [5.74, 6) is -0.127. The van der Waals surface area contributed by atoms with E-state index in [0.717, 1.165) is 5.56 Å². The molecule has 2 aromatic carbocycles. The topological polar surface area (TPSA) is 83.0 Å². The molecule has 0 fully saturated rings. The van der Waals surface area contributed by atoms with Gasteiger partial charge in [0.05, 0.1) is 5.56 Å². The number of phenolic OH excluding ortho intramolecular Hbond substituents is 1. The van der Waals surface area contributed by atoms with Crippen molar-refractivity contribution in [2.75, 3.05) is 0 Å². The molecule has 0 amide bonds. The summed E-state index contributed by atoms with van der Waals surface area (Å²) in [6, 6.07) is 13.4. The standard InChI is InChI=1S/C17H13NO4/c1-10-9-14(20)22-17-12(10)7-8-13(19)15(17)16(18-21)11-5-3-2-4-6-11/h2-9,19,21H,1H3. The summed E-state index contributed by atoms with van der Waals surface area (Å²) in [7, 11) is 0. The Kier molecular flexibility index (Phi) is 3.39. The first-order chi connectivity index (χ1) is 10.6. The van der Waals surface area contributed by atoms with E-state index >= 15 is 0 Å². The third-order valence-electron chi connectivity index (χ3n) is 3.48. The zero-order chi connectivity index (χ0) is 15.7. The van der Waals surface area contributed by atoms with Crippen molar-refractivity contribution in [1.29, 1.82) is 0 Å². The minimum Gasteiger partial charge on any atom is -0.507 e. The van der Waals surface area contributed by atoms with Gasteiger partial charge in [-0.3, -0.25) is 0 Å². The smallest absolute Gasteiger partial charge is 0.336 e. The summed E-state index contributed by atoms with van der Waals surface area (Å²) < 4.78 is 5.25. The number of nitrogens with zero attached hydrogens (tertiary/aromatic N) is 1. The quantitative estimate of drug-likeness (QED) is 0.329. The molecule has 0 atom stereocenters. The number of oxime groups is 1. The number of hydrogen-bond donors (Lipinski definition) is 2. The van der Waals surface area contributed by atoms with Gasteiger partial charge < -0.3 is 14.7 Å². The SMILES string of the molecule is Cc1cc(=O)oc2c(C(=NO)c3ccccc3)c(O)ccc12. The zero-order valence-electron chi connectivity index (χ0n) is 11.8. The predicted molar refractivity (Wildman–Crippen MR) is 82.8 cm³/mol. The molecule has 22 heavy (non-hydrogen) atoms. The summed E-state index contributed by atoms with van der Waals surface area (Å²) in [6.45, 7) is 1.78. The lowest BCUT2D eigenvalue weighted by Gasteiger charge is -2.10. The fraction of sp³-hybridized carbons (Fsp3) is 0.0588. The summed E-state index contributed by atoms with van der Waals surface area (Å²) in [5, 5.41) is 23.6. The van der Waals surface area contributed by atoms with E-state index in [0.29, 0.717) is 10.9 Å². The number of rotatable bonds is 2. The predicted octanol–water partition coefficient (Wildman–Crippen LogP) is 3.03. The van der Waals surface area contributed by atoms with Gasteiger partial charge in [-0.05, 0) is 24.6 Å². The van der Waals surface area contributed by atoms with E-state index in [2.05, 4.69) is 5.16 Å². The van der Waals surface area contributed by atoms with Crippen molar-refractivity contribution in [3.05, 3.63) is 75.6 Å². The lowest BCUT2D eigenvalue weighted by Crippen LogP contribution is -2.07. The molecular formula is C17H13NO4. The van der Waals surface area contributed by atoms with Gasteiger partial charge in [-0.2, -0.15) is 0 Å². The van der Waals surface area contributed by atoms with Gasteiger partial charge in [0.1, 0.15) is 11.5 Å². The Morgan fingerprint density at radius 3 is 2.55 bits per heavy atom. The van der Waals surface area contributed by atoms with Gasteiger partial charge in [-0.1, -0.05) is 35.5 Å². The minimum atomic E-state index is -0.526. The summed E-state index contributed by atoms with van der Waals surface area (Å²) >= 11 is 0. The highest BCUT2D eigenvalue weighted by molar-refractivity contribution is 6.19. The first-order valence-corrected chi connectivity index (χ1v) is 6.66. The maximum Gasteiger partial charge on any atom is 0.336 e. The van der Waals surface area contributed by atoms with Crippen molar-refractivity contribution in [3.8, 4) is 5.75 Å². The van der Waals surface area contributed by atoms with Gasteiger partial charge in [-0.15, -0.1) is 0 Å². The molecule has 1 aromatic heterocycles. The van der Waals surface area contributed by atoms with Crippen LogP contribution in [0.1, 0.15) is 16.7 Å². The molecule has 0 aliphatic rings. The first kappa shape index (κ1) is 13.9. The minimum absolute atomic E-state index is 0.127. The maximum absolute atomic E-state index is 11.7. The Balaban J connectivity index is 2.39. The van der Waals surface area contributed by atoms with Crippen LogP contribution < -0.4 is 5.63 Å². The first-order valence-electron chi connectivity index (χ1n) is 6.66. The third-order valence-corrected chi connectivity index (χ3v) is 3.48. The Hall–Kier alpha value is -3.08. The molecule has 0 radical (unpaired) electrons. The molecular weight excluding hydrogens is 282 g/mol. The molecule has 1 heterocycles. The highest BCUT2D eigenvalue weighted by atomic mass is 16.4. The van der Waals surface area contributed by atoms with Crippen LogP contribution >= 0.6 is 0 Å². The van der Waals surface area contributed by atoms with E-state index in [-0.39, 0.29) is 22.6 Å². The van der Waals surface area contributed by atoms with Gasteiger partial charge >= 0.3 is 5.63 Å². The Labute approximate surface area is 125 Å². The number of hydrogen-bond acceptors (Lipinski definition) is 5. The summed E-state index contributed by atoms with van der Waals surface area (Å²) in [6.07, 6.45) is 0. The largest absolute Gasteiger partial charge is 0.507 e. The normalized spacial score (nSPS) is 11.8. The van der Waals surface area contributed by atoms with Gasteiger partial charge in [0, 0.05) is 17.0 Å². The second-order valence-corrected chi connectivity index (χ2v) is 4.90. The van der Waals surface area contributed by atoms with Crippen LogP contribution in [0, 0.1) is 6.92 Å². The molecule has 0 unspecified atom stereocenters. The van der Waals surface area contributed by atoms with E-state index in [1.807, 2.05) is 6.07 Å². The van der Waals surface area contributed by atoms with E-state index < -0.39 is 5.63 Å². The lowest BCUT2D eigenvalue weighted by atomic mass is 9.98. The van der Waals surface area contributed by atoms with Crippen molar-refractivity contribution in [2.24, 2.45) is 5.16 Å². The highest BCUT2D eigenvalue weighted by Gasteiger charge is 2.19. The number of benzene rings is 2. The van der Waals surface area contributed by atoms with Crippen molar-refractivity contribution >= 4 is 16.7 Å². The van der Waals surface area contributed by atoms with Crippen LogP contribution in [-0.4, -0.2) is 16.0 Å². The van der Waals surface area contributed by atoms with Crippen LogP contribution in [0.5, 0.6) is 5.75 Å². The van der Waals surface area contributed by atoms with E-state index in [9.17, 15) is 15.1 Å². The lowest BCUT2D eigenvalue weighted by molar-refractivity contribution is 0.319. The molecule has 3 aromatic rings. The van der Waals surface area contributed by atoms with Crippen LogP contribution in [0.3, 0.4) is 0 Å². The van der Waals surface area contributed by atoms with E-state index in [4.69, 9.17) is 4.42 Å². The van der Waals surface area contributed by atoms with Gasteiger partial charge in [0.25, 0.3) is 0 Å². The molecule has 0 spiro atoms. The fourth-order valence-corrected chi connectivity index (χ4v) is 2.45. The molecule has 3 rings (SSSR count).